The Labute approximate surface area is 153 Å². The summed E-state index contributed by atoms with van der Waals surface area (Å²) in [5.41, 5.74) is 1.67. The van der Waals surface area contributed by atoms with Gasteiger partial charge in [-0.1, -0.05) is 6.07 Å². The van der Waals surface area contributed by atoms with E-state index >= 15 is 0 Å². The van der Waals surface area contributed by atoms with Crippen molar-refractivity contribution >= 4 is 27.4 Å². The minimum absolute atomic E-state index is 0.516. The van der Waals surface area contributed by atoms with Crippen LogP contribution in [0.5, 0.6) is 0 Å². The van der Waals surface area contributed by atoms with E-state index in [1.54, 1.807) is 18.6 Å². The summed E-state index contributed by atoms with van der Waals surface area (Å²) >= 11 is 1.53. The zero-order chi connectivity index (χ0) is 17.8. The molecule has 0 radical (unpaired) electrons. The first-order valence-corrected chi connectivity index (χ1v) is 9.03. The number of fused-ring (bicyclic) bond motifs is 1. The first kappa shape index (κ1) is 16.5. The number of hydrogen-bond acceptors (Lipinski definition) is 8. The van der Waals surface area contributed by atoms with E-state index in [2.05, 4.69) is 30.2 Å². The minimum atomic E-state index is -0.746. The van der Waals surface area contributed by atoms with Crippen LogP contribution >= 0.6 is 11.3 Å². The Morgan fingerprint density at radius 1 is 1.12 bits per heavy atom. The Balaban J connectivity index is 1.56. The van der Waals surface area contributed by atoms with E-state index in [-0.39, 0.29) is 0 Å². The number of aromatic nitrogens is 5. The third kappa shape index (κ3) is 3.66. The van der Waals surface area contributed by atoms with Crippen LogP contribution in [0.25, 0.3) is 21.7 Å². The normalized spacial score (nSPS) is 12.2. The lowest BCUT2D eigenvalue weighted by Crippen LogP contribution is -2.20. The molecule has 7 nitrogen and oxygen atoms in total. The van der Waals surface area contributed by atoms with Gasteiger partial charge < -0.3 is 10.4 Å². The van der Waals surface area contributed by atoms with Gasteiger partial charge in [0.15, 0.2) is 5.82 Å². The van der Waals surface area contributed by atoms with Gasteiger partial charge in [-0.05, 0) is 42.0 Å². The maximum atomic E-state index is 10.4. The highest BCUT2D eigenvalue weighted by Gasteiger charge is 2.14. The number of pyridine rings is 1. The van der Waals surface area contributed by atoms with Crippen molar-refractivity contribution in [3.05, 3.63) is 60.1 Å². The third-order valence-electron chi connectivity index (χ3n) is 3.84. The molecule has 8 heteroatoms. The van der Waals surface area contributed by atoms with Crippen LogP contribution in [-0.2, 0) is 6.42 Å². The SMILES string of the molecule is OC(CCc1cncnc1)Nc1nc(-c2ccccn2)nc2sccc12. The highest BCUT2D eigenvalue weighted by molar-refractivity contribution is 7.16. The van der Waals surface area contributed by atoms with E-state index in [1.807, 2.05) is 29.6 Å². The maximum Gasteiger partial charge on any atom is 0.181 e. The highest BCUT2D eigenvalue weighted by Crippen LogP contribution is 2.28. The summed E-state index contributed by atoms with van der Waals surface area (Å²) in [6.07, 6.45) is 7.14. The van der Waals surface area contributed by atoms with E-state index in [1.165, 1.54) is 17.7 Å². The molecule has 0 saturated carbocycles. The second-order valence-electron chi connectivity index (χ2n) is 5.70. The van der Waals surface area contributed by atoms with Gasteiger partial charge in [0.1, 0.15) is 28.9 Å². The number of hydrogen-bond donors (Lipinski definition) is 2. The summed E-state index contributed by atoms with van der Waals surface area (Å²) in [4.78, 5) is 22.3. The molecule has 4 rings (SSSR count). The maximum absolute atomic E-state index is 10.4. The standard InChI is InChI=1S/C18H16N6OS/c25-15(5-4-12-9-19-11-20-10-12)22-16-13-6-8-26-18(13)24-17(23-16)14-3-1-2-7-21-14/h1-3,6-11,15,25H,4-5H2,(H,22,23,24). The average molecular weight is 364 g/mol. The molecule has 4 aromatic rings. The third-order valence-corrected chi connectivity index (χ3v) is 4.65. The number of thiophene rings is 1. The van der Waals surface area contributed by atoms with Crippen LogP contribution in [0.4, 0.5) is 5.82 Å². The zero-order valence-corrected chi connectivity index (χ0v) is 14.6. The van der Waals surface area contributed by atoms with Crippen molar-refractivity contribution in [3.63, 3.8) is 0 Å². The molecule has 0 saturated heterocycles. The van der Waals surface area contributed by atoms with Crippen LogP contribution in [0, 0.1) is 0 Å². The van der Waals surface area contributed by atoms with Crippen LogP contribution in [0.2, 0.25) is 0 Å². The van der Waals surface area contributed by atoms with E-state index in [4.69, 9.17) is 0 Å². The minimum Gasteiger partial charge on any atom is -0.374 e. The molecule has 1 atom stereocenters. The van der Waals surface area contributed by atoms with Crippen LogP contribution < -0.4 is 5.32 Å². The Morgan fingerprint density at radius 3 is 2.81 bits per heavy atom. The summed E-state index contributed by atoms with van der Waals surface area (Å²) < 4.78 is 0. The van der Waals surface area contributed by atoms with Crippen molar-refractivity contribution in [2.75, 3.05) is 5.32 Å². The molecule has 2 N–H and O–H groups in total. The van der Waals surface area contributed by atoms with Gasteiger partial charge >= 0.3 is 0 Å². The fourth-order valence-corrected chi connectivity index (χ4v) is 3.33. The molecule has 4 heterocycles. The largest absolute Gasteiger partial charge is 0.374 e. The molecular weight excluding hydrogens is 348 g/mol. The second kappa shape index (κ2) is 7.51. The molecule has 0 aliphatic rings. The highest BCUT2D eigenvalue weighted by atomic mass is 32.1. The molecule has 0 amide bonds. The number of aliphatic hydroxyl groups excluding tert-OH is 1. The summed E-state index contributed by atoms with van der Waals surface area (Å²) in [7, 11) is 0. The van der Waals surface area contributed by atoms with Gasteiger partial charge in [-0.3, -0.25) is 4.98 Å². The lowest BCUT2D eigenvalue weighted by molar-refractivity contribution is 0.193. The number of aliphatic hydroxyl groups is 1. The van der Waals surface area contributed by atoms with Crippen molar-refractivity contribution in [1.82, 2.24) is 24.9 Å². The lowest BCUT2D eigenvalue weighted by Gasteiger charge is -2.14. The second-order valence-corrected chi connectivity index (χ2v) is 6.59. The van der Waals surface area contributed by atoms with E-state index in [0.29, 0.717) is 30.2 Å². The van der Waals surface area contributed by atoms with Crippen molar-refractivity contribution in [2.24, 2.45) is 0 Å². The zero-order valence-electron chi connectivity index (χ0n) is 13.8. The smallest absolute Gasteiger partial charge is 0.181 e. The molecule has 4 aromatic heterocycles. The Hall–Kier alpha value is -2.97. The summed E-state index contributed by atoms with van der Waals surface area (Å²) in [5, 5.41) is 16.3. The van der Waals surface area contributed by atoms with Crippen LogP contribution in [0.1, 0.15) is 12.0 Å². The predicted octanol–water partition coefficient (Wildman–Crippen LogP) is 2.91. The summed E-state index contributed by atoms with van der Waals surface area (Å²) in [5.74, 6) is 1.14. The van der Waals surface area contributed by atoms with Crippen molar-refractivity contribution in [2.45, 2.75) is 19.1 Å². The Bertz CT molecular complexity index is 992. The van der Waals surface area contributed by atoms with Gasteiger partial charge in [0.2, 0.25) is 0 Å². The molecule has 0 aliphatic heterocycles. The first-order chi connectivity index (χ1) is 12.8. The molecule has 130 valence electrons. The fourth-order valence-electron chi connectivity index (χ4n) is 2.57. The Morgan fingerprint density at radius 2 is 2.00 bits per heavy atom. The summed E-state index contributed by atoms with van der Waals surface area (Å²) in [6.45, 7) is 0. The predicted molar refractivity (Wildman–Crippen MR) is 101 cm³/mol. The summed E-state index contributed by atoms with van der Waals surface area (Å²) in [6, 6.07) is 7.56. The number of anilines is 1. The van der Waals surface area contributed by atoms with Gasteiger partial charge in [-0.25, -0.2) is 19.9 Å². The van der Waals surface area contributed by atoms with E-state index in [0.717, 1.165) is 15.8 Å². The number of nitrogens with zero attached hydrogens (tertiary/aromatic N) is 5. The molecule has 26 heavy (non-hydrogen) atoms. The van der Waals surface area contributed by atoms with E-state index in [9.17, 15) is 5.11 Å². The van der Waals surface area contributed by atoms with Crippen LogP contribution in [-0.4, -0.2) is 36.3 Å². The lowest BCUT2D eigenvalue weighted by atomic mass is 10.2. The van der Waals surface area contributed by atoms with Gasteiger partial charge in [0.25, 0.3) is 0 Å². The fraction of sp³-hybridized carbons (Fsp3) is 0.167. The molecule has 0 aliphatic carbocycles. The van der Waals surface area contributed by atoms with Gasteiger partial charge in [0.05, 0.1) is 5.39 Å². The van der Waals surface area contributed by atoms with Crippen LogP contribution in [0.15, 0.2) is 54.6 Å². The van der Waals surface area contributed by atoms with E-state index < -0.39 is 6.23 Å². The molecule has 0 fully saturated rings. The topological polar surface area (TPSA) is 96.7 Å². The van der Waals surface area contributed by atoms with Gasteiger partial charge in [-0.15, -0.1) is 11.3 Å². The first-order valence-electron chi connectivity index (χ1n) is 8.15. The quantitative estimate of drug-likeness (QED) is 0.508. The molecule has 0 aromatic carbocycles. The number of rotatable bonds is 6. The van der Waals surface area contributed by atoms with Crippen molar-refractivity contribution < 1.29 is 5.11 Å². The molecule has 1 unspecified atom stereocenters. The number of aryl methyl sites for hydroxylation is 1. The average Bonchev–Trinajstić information content (AvgIpc) is 3.17. The number of nitrogens with one attached hydrogen (secondary N) is 1. The molecular formula is C18H16N6OS. The molecule has 0 spiro atoms. The van der Waals surface area contributed by atoms with Gasteiger partial charge in [-0.2, -0.15) is 0 Å². The Kier molecular flexibility index (Phi) is 4.76. The monoisotopic (exact) mass is 364 g/mol. The molecule has 0 bridgehead atoms. The van der Waals surface area contributed by atoms with Crippen LogP contribution in [0.3, 0.4) is 0 Å². The van der Waals surface area contributed by atoms with Crippen molar-refractivity contribution in [3.8, 4) is 11.5 Å². The van der Waals surface area contributed by atoms with Gasteiger partial charge in [0, 0.05) is 18.6 Å². The van der Waals surface area contributed by atoms with Crippen molar-refractivity contribution in [1.29, 1.82) is 0 Å².